The molecule has 1 saturated heterocycles. The molecule has 1 N–H and O–H groups in total. The molecule has 2 aromatic carbocycles. The summed E-state index contributed by atoms with van der Waals surface area (Å²) in [6, 6.07) is 12.7. The van der Waals surface area contributed by atoms with E-state index in [1.54, 1.807) is 30.9 Å². The minimum atomic E-state index is -1.04. The zero-order chi connectivity index (χ0) is 21.0. The van der Waals surface area contributed by atoms with E-state index in [9.17, 15) is 14.4 Å². The van der Waals surface area contributed by atoms with Crippen LogP contribution in [0.3, 0.4) is 0 Å². The van der Waals surface area contributed by atoms with Gasteiger partial charge in [-0.2, -0.15) is 0 Å². The van der Waals surface area contributed by atoms with Crippen molar-refractivity contribution in [3.8, 4) is 5.75 Å². The molecule has 0 aromatic heterocycles. The second kappa shape index (κ2) is 8.90. The molecular weight excluding hydrogens is 370 g/mol. The van der Waals surface area contributed by atoms with E-state index < -0.39 is 12.6 Å². The maximum Gasteiger partial charge on any atom is 0.341 e. The van der Waals surface area contributed by atoms with Crippen molar-refractivity contribution >= 4 is 17.7 Å². The summed E-state index contributed by atoms with van der Waals surface area (Å²) in [5.74, 6) is -0.541. The zero-order valence-electron chi connectivity index (χ0n) is 16.7. The minimum absolute atomic E-state index is 0.0586. The predicted octanol–water partition coefficient (Wildman–Crippen LogP) is 3.50. The number of Topliss-reactive ketones (excluding diaryl/α,β-unsaturated/α-hetero) is 1. The fourth-order valence-corrected chi connectivity index (χ4v) is 3.80. The highest BCUT2D eigenvalue weighted by atomic mass is 16.5. The molecular formula is C23H25NO5. The quantitative estimate of drug-likeness (QED) is 0.757. The number of rotatable bonds is 6. The number of piperidine rings is 1. The Kier molecular flexibility index (Phi) is 6.32. The molecule has 29 heavy (non-hydrogen) atoms. The van der Waals surface area contributed by atoms with Gasteiger partial charge in [0.15, 0.2) is 12.4 Å². The van der Waals surface area contributed by atoms with Gasteiger partial charge in [0, 0.05) is 30.1 Å². The van der Waals surface area contributed by atoms with E-state index in [4.69, 9.17) is 9.84 Å². The van der Waals surface area contributed by atoms with Crippen LogP contribution in [-0.4, -0.2) is 47.4 Å². The highest BCUT2D eigenvalue weighted by Gasteiger charge is 2.28. The number of ether oxygens (including phenoxy) is 1. The molecule has 0 bridgehead atoms. The molecule has 1 aliphatic rings. The van der Waals surface area contributed by atoms with Gasteiger partial charge in [-0.25, -0.2) is 4.79 Å². The topological polar surface area (TPSA) is 83.9 Å². The number of hydrogen-bond donors (Lipinski definition) is 1. The number of carboxylic acids is 1. The lowest BCUT2D eigenvalue weighted by atomic mass is 9.88. The van der Waals surface area contributed by atoms with Gasteiger partial charge in [0.25, 0.3) is 5.91 Å². The van der Waals surface area contributed by atoms with E-state index in [1.807, 2.05) is 30.3 Å². The Bertz CT molecular complexity index is 891. The molecule has 0 aliphatic carbocycles. The van der Waals surface area contributed by atoms with Crippen LogP contribution < -0.4 is 4.74 Å². The average Bonchev–Trinajstić information content (AvgIpc) is 2.72. The van der Waals surface area contributed by atoms with E-state index in [-0.39, 0.29) is 17.6 Å². The van der Waals surface area contributed by atoms with Crippen LogP contribution in [0.15, 0.2) is 42.5 Å². The summed E-state index contributed by atoms with van der Waals surface area (Å²) in [5, 5.41) is 8.79. The standard InChI is InChI=1S/C23H25NO5/c1-15-12-19(13-16(2)22(15)29-14-20(25)26)23(28)24-10-8-18(9-11-24)21(27)17-6-4-3-5-7-17/h3-7,12-13,18H,8-11,14H2,1-2H3,(H,25,26). The van der Waals surface area contributed by atoms with Crippen molar-refractivity contribution in [2.45, 2.75) is 26.7 Å². The van der Waals surface area contributed by atoms with Crippen LogP contribution in [0, 0.1) is 19.8 Å². The van der Waals surface area contributed by atoms with Gasteiger partial charge in [-0.05, 0) is 49.9 Å². The normalized spacial score (nSPS) is 14.5. The fraction of sp³-hybridized carbons (Fsp3) is 0.348. The maximum atomic E-state index is 12.9. The molecule has 0 radical (unpaired) electrons. The van der Waals surface area contributed by atoms with Crippen molar-refractivity contribution in [3.05, 3.63) is 64.7 Å². The third-order valence-corrected chi connectivity index (χ3v) is 5.26. The van der Waals surface area contributed by atoms with E-state index >= 15 is 0 Å². The summed E-state index contributed by atoms with van der Waals surface area (Å²) in [5.41, 5.74) is 2.73. The second-order valence-corrected chi connectivity index (χ2v) is 7.42. The first-order valence-corrected chi connectivity index (χ1v) is 9.71. The van der Waals surface area contributed by atoms with Crippen LogP contribution in [0.2, 0.25) is 0 Å². The molecule has 3 rings (SSSR count). The Labute approximate surface area is 170 Å². The van der Waals surface area contributed by atoms with Crippen molar-refractivity contribution in [2.24, 2.45) is 5.92 Å². The lowest BCUT2D eigenvalue weighted by Crippen LogP contribution is -2.40. The van der Waals surface area contributed by atoms with Gasteiger partial charge in [-0.1, -0.05) is 30.3 Å². The van der Waals surface area contributed by atoms with Crippen LogP contribution in [0.4, 0.5) is 0 Å². The van der Waals surface area contributed by atoms with E-state index in [0.29, 0.717) is 37.2 Å². The number of hydrogen-bond acceptors (Lipinski definition) is 4. The molecule has 1 aliphatic heterocycles. The summed E-state index contributed by atoms with van der Waals surface area (Å²) in [6.45, 7) is 4.25. The van der Waals surface area contributed by atoms with Gasteiger partial charge in [0.1, 0.15) is 5.75 Å². The summed E-state index contributed by atoms with van der Waals surface area (Å²) < 4.78 is 5.33. The van der Waals surface area contributed by atoms with Gasteiger partial charge in [-0.15, -0.1) is 0 Å². The number of aliphatic carboxylic acids is 1. The molecule has 1 heterocycles. The van der Waals surface area contributed by atoms with Crippen molar-refractivity contribution in [3.63, 3.8) is 0 Å². The van der Waals surface area contributed by atoms with Crippen molar-refractivity contribution in [1.82, 2.24) is 4.90 Å². The predicted molar refractivity (Wildman–Crippen MR) is 108 cm³/mol. The van der Waals surface area contributed by atoms with Crippen LogP contribution in [0.5, 0.6) is 5.75 Å². The highest BCUT2D eigenvalue weighted by molar-refractivity contribution is 5.98. The molecule has 0 spiro atoms. The van der Waals surface area contributed by atoms with E-state index in [1.165, 1.54) is 0 Å². The largest absolute Gasteiger partial charge is 0.481 e. The zero-order valence-corrected chi connectivity index (χ0v) is 16.7. The second-order valence-electron chi connectivity index (χ2n) is 7.42. The minimum Gasteiger partial charge on any atom is -0.481 e. The van der Waals surface area contributed by atoms with Gasteiger partial charge in [-0.3, -0.25) is 9.59 Å². The first kappa shape index (κ1) is 20.6. The number of ketones is 1. The highest BCUT2D eigenvalue weighted by Crippen LogP contribution is 2.27. The SMILES string of the molecule is Cc1cc(C(=O)N2CCC(C(=O)c3ccccc3)CC2)cc(C)c1OCC(=O)O. The molecule has 1 amide bonds. The Morgan fingerprint density at radius 2 is 1.59 bits per heavy atom. The Balaban J connectivity index is 1.65. The lowest BCUT2D eigenvalue weighted by Gasteiger charge is -2.31. The summed E-state index contributed by atoms with van der Waals surface area (Å²) >= 11 is 0. The first-order valence-electron chi connectivity index (χ1n) is 9.71. The molecule has 2 aromatic rings. The summed E-state index contributed by atoms with van der Waals surface area (Å²) in [6.07, 6.45) is 1.30. The van der Waals surface area contributed by atoms with Crippen LogP contribution in [0.1, 0.15) is 44.7 Å². The molecule has 6 heteroatoms. The van der Waals surface area contributed by atoms with Crippen LogP contribution >= 0.6 is 0 Å². The number of carboxylic acid groups (broad SMARTS) is 1. The number of carbonyl (C=O) groups excluding carboxylic acids is 2. The summed E-state index contributed by atoms with van der Waals surface area (Å²) in [4.78, 5) is 38.1. The molecule has 0 unspecified atom stereocenters. The number of aryl methyl sites for hydroxylation is 2. The Morgan fingerprint density at radius 1 is 1.00 bits per heavy atom. The molecule has 6 nitrogen and oxygen atoms in total. The molecule has 152 valence electrons. The fourth-order valence-electron chi connectivity index (χ4n) is 3.80. The number of nitrogens with zero attached hydrogens (tertiary/aromatic N) is 1. The number of likely N-dealkylation sites (tertiary alicyclic amines) is 1. The number of carbonyl (C=O) groups is 3. The van der Waals surface area contributed by atoms with Gasteiger partial charge >= 0.3 is 5.97 Å². The molecule has 0 atom stereocenters. The molecule has 1 fully saturated rings. The monoisotopic (exact) mass is 395 g/mol. The Morgan fingerprint density at radius 3 is 2.14 bits per heavy atom. The average molecular weight is 395 g/mol. The van der Waals surface area contributed by atoms with E-state index in [0.717, 1.165) is 16.7 Å². The van der Waals surface area contributed by atoms with Crippen molar-refractivity contribution in [2.75, 3.05) is 19.7 Å². The van der Waals surface area contributed by atoms with Crippen molar-refractivity contribution < 1.29 is 24.2 Å². The van der Waals surface area contributed by atoms with Gasteiger partial charge < -0.3 is 14.7 Å². The first-order chi connectivity index (χ1) is 13.9. The van der Waals surface area contributed by atoms with Crippen molar-refractivity contribution in [1.29, 1.82) is 0 Å². The van der Waals surface area contributed by atoms with Crippen LogP contribution in [-0.2, 0) is 4.79 Å². The number of amides is 1. The van der Waals surface area contributed by atoms with Gasteiger partial charge in [0.2, 0.25) is 0 Å². The van der Waals surface area contributed by atoms with E-state index in [2.05, 4.69) is 0 Å². The third-order valence-electron chi connectivity index (χ3n) is 5.26. The van der Waals surface area contributed by atoms with Crippen LogP contribution in [0.25, 0.3) is 0 Å². The lowest BCUT2D eigenvalue weighted by molar-refractivity contribution is -0.139. The van der Waals surface area contributed by atoms with Gasteiger partial charge in [0.05, 0.1) is 0 Å². The molecule has 0 saturated carbocycles. The Hall–Kier alpha value is -3.15. The third kappa shape index (κ3) is 4.83. The summed E-state index contributed by atoms with van der Waals surface area (Å²) in [7, 11) is 0. The smallest absolute Gasteiger partial charge is 0.341 e. The maximum absolute atomic E-state index is 12.9. The number of benzene rings is 2.